The average Bonchev–Trinajstić information content (AvgIpc) is 3.21. The molecule has 38 heavy (non-hydrogen) atoms. The second kappa shape index (κ2) is 11.6. The minimum absolute atomic E-state index is 0.0135. The first-order valence-electron chi connectivity index (χ1n) is 12.4. The van der Waals surface area contributed by atoms with Crippen LogP contribution in [0.15, 0.2) is 39.0 Å². The predicted molar refractivity (Wildman–Crippen MR) is 145 cm³/mol. The molecule has 2 atom stereocenters. The summed E-state index contributed by atoms with van der Waals surface area (Å²) in [6.07, 6.45) is 0.407. The maximum absolute atomic E-state index is 13.4. The zero-order chi connectivity index (χ0) is 27.6. The second-order valence-electron chi connectivity index (χ2n) is 9.94. The Morgan fingerprint density at radius 3 is 2.68 bits per heavy atom. The number of alkyl halides is 3. The number of anilines is 2. The van der Waals surface area contributed by atoms with Crippen molar-refractivity contribution < 1.29 is 27.6 Å². The van der Waals surface area contributed by atoms with Crippen molar-refractivity contribution in [1.82, 2.24) is 4.90 Å². The Balaban J connectivity index is 1.35. The van der Waals surface area contributed by atoms with Gasteiger partial charge in [-0.05, 0) is 83.6 Å². The van der Waals surface area contributed by atoms with Crippen LogP contribution in [0.4, 0.5) is 29.3 Å². The highest BCUT2D eigenvalue weighted by Gasteiger charge is 2.35. The largest absolute Gasteiger partial charge is 0.418 e. The first-order valence-corrected chi connectivity index (χ1v) is 14.1. The molecule has 2 amide bonds. The molecule has 6 nitrogen and oxygen atoms in total. The van der Waals surface area contributed by atoms with Crippen molar-refractivity contribution >= 4 is 56.2 Å². The molecule has 1 aromatic carbocycles. The first-order chi connectivity index (χ1) is 17.9. The van der Waals surface area contributed by atoms with Gasteiger partial charge in [-0.2, -0.15) is 13.2 Å². The molecule has 0 radical (unpaired) electrons. The summed E-state index contributed by atoms with van der Waals surface area (Å²) in [6, 6.07) is 2.36. The van der Waals surface area contributed by atoms with E-state index in [-0.39, 0.29) is 52.9 Å². The van der Waals surface area contributed by atoms with Gasteiger partial charge in [0.25, 0.3) is 0 Å². The number of nitrogens with zero attached hydrogens (tertiary/aromatic N) is 1. The lowest BCUT2D eigenvalue weighted by atomic mass is 9.86. The third-order valence-corrected chi connectivity index (χ3v) is 8.68. The van der Waals surface area contributed by atoms with Crippen molar-refractivity contribution in [2.75, 3.05) is 17.6 Å². The highest BCUT2D eigenvalue weighted by atomic mass is 79.9. The van der Waals surface area contributed by atoms with Crippen molar-refractivity contribution in [2.24, 2.45) is 5.92 Å². The molecule has 204 valence electrons. The van der Waals surface area contributed by atoms with Gasteiger partial charge in [-0.25, -0.2) is 4.79 Å². The van der Waals surface area contributed by atoms with E-state index in [4.69, 9.17) is 5.73 Å². The predicted octanol–water partition coefficient (Wildman–Crippen LogP) is 6.78. The fourth-order valence-electron chi connectivity index (χ4n) is 5.09. The van der Waals surface area contributed by atoms with Gasteiger partial charge in [0, 0.05) is 41.2 Å². The van der Waals surface area contributed by atoms with Gasteiger partial charge in [0.1, 0.15) is 11.6 Å². The maximum atomic E-state index is 13.4. The topological polar surface area (TPSA) is 92.5 Å². The fourth-order valence-corrected chi connectivity index (χ4v) is 6.42. The normalized spacial score (nSPS) is 18.8. The number of urea groups is 1. The molecule has 3 N–H and O–H groups in total. The molecule has 0 saturated heterocycles. The average molecular weight is 613 g/mol. The van der Waals surface area contributed by atoms with Crippen LogP contribution in [0.2, 0.25) is 0 Å². The number of hydrogen-bond acceptors (Lipinski definition) is 5. The molecule has 2 aromatic rings. The number of Topliss-reactive ketones (excluding diaryl/α,β-unsaturated/α-hetero) is 2. The molecule has 4 rings (SSSR count). The van der Waals surface area contributed by atoms with E-state index in [9.17, 15) is 27.6 Å². The van der Waals surface area contributed by atoms with E-state index in [1.54, 1.807) is 11.3 Å². The zero-order valence-electron chi connectivity index (χ0n) is 20.9. The van der Waals surface area contributed by atoms with Gasteiger partial charge < -0.3 is 16.0 Å². The van der Waals surface area contributed by atoms with Crippen LogP contribution in [0.5, 0.6) is 0 Å². The quantitative estimate of drug-likeness (QED) is 0.254. The monoisotopic (exact) mass is 611 g/mol. The molecule has 2 heterocycles. The summed E-state index contributed by atoms with van der Waals surface area (Å²) in [4.78, 5) is 39.7. The Kier molecular flexibility index (Phi) is 8.66. The van der Waals surface area contributed by atoms with Crippen molar-refractivity contribution in [2.45, 2.75) is 64.1 Å². The fraction of sp³-hybridized carbons (Fsp3) is 0.444. The van der Waals surface area contributed by atoms with Crippen LogP contribution in [0.1, 0.15) is 55.7 Å². The molecule has 1 aliphatic heterocycles. The molecule has 0 spiro atoms. The summed E-state index contributed by atoms with van der Waals surface area (Å²) in [5, 5.41) is 6.98. The Bertz CT molecular complexity index is 1270. The lowest BCUT2D eigenvalue weighted by Gasteiger charge is -2.32. The number of rotatable bonds is 8. The number of carbonyl (C=O) groups is 3. The van der Waals surface area contributed by atoms with E-state index in [1.807, 2.05) is 16.4 Å². The number of allylic oxidation sites excluding steroid dienone is 1. The molecule has 1 unspecified atom stereocenters. The number of nitrogens with one attached hydrogen (secondary N) is 1. The maximum Gasteiger partial charge on any atom is 0.418 e. The minimum atomic E-state index is -4.63. The number of carbonyl (C=O) groups excluding carboxylic acids is 3. The Hall–Kier alpha value is -2.66. The molecule has 1 aromatic heterocycles. The number of fused-ring (bicyclic) bond motifs is 1. The molecule has 0 saturated carbocycles. The van der Waals surface area contributed by atoms with Crippen molar-refractivity contribution in [3.05, 3.63) is 55.7 Å². The van der Waals surface area contributed by atoms with E-state index in [2.05, 4.69) is 26.6 Å². The van der Waals surface area contributed by atoms with Crippen molar-refractivity contribution in [3.63, 3.8) is 0 Å². The summed E-state index contributed by atoms with van der Waals surface area (Å²) < 4.78 is 40.2. The van der Waals surface area contributed by atoms with Gasteiger partial charge in [0.2, 0.25) is 0 Å². The minimum Gasteiger partial charge on any atom is -0.397 e. The van der Waals surface area contributed by atoms with Gasteiger partial charge in [0.05, 0.1) is 16.9 Å². The standard InChI is InChI=1S/C27H29BrF3N3O3S/c1-15(35)19(8-17-10-22(27(29,30)31)25(32)23(28)11-17)12-21(36)9-16-2-4-20(5-3-16)34-7-6-18-13-38-14-24(18)33-26(34)37/h2,10-11,13-14,19-20H,3-9,12,32H2,1H3,(H,33,37)/t19-,20?/m0/s1. The third-order valence-electron chi connectivity index (χ3n) is 7.23. The molecule has 1 aliphatic carbocycles. The summed E-state index contributed by atoms with van der Waals surface area (Å²) in [6.45, 7) is 1.99. The number of amides is 2. The summed E-state index contributed by atoms with van der Waals surface area (Å²) in [5.74, 6) is -1.10. The van der Waals surface area contributed by atoms with Crippen LogP contribution in [0, 0.1) is 5.92 Å². The Morgan fingerprint density at radius 2 is 2.03 bits per heavy atom. The Morgan fingerprint density at radius 1 is 1.26 bits per heavy atom. The summed E-state index contributed by atoms with van der Waals surface area (Å²) >= 11 is 4.64. The van der Waals surface area contributed by atoms with Crippen LogP contribution < -0.4 is 11.1 Å². The molecule has 0 bridgehead atoms. The lowest BCUT2D eigenvalue weighted by Crippen LogP contribution is -2.43. The zero-order valence-corrected chi connectivity index (χ0v) is 23.3. The third kappa shape index (κ3) is 6.66. The number of benzene rings is 1. The van der Waals surface area contributed by atoms with E-state index in [0.717, 1.165) is 35.7 Å². The van der Waals surface area contributed by atoms with Crippen LogP contribution in [0.25, 0.3) is 0 Å². The van der Waals surface area contributed by atoms with Crippen molar-refractivity contribution in [3.8, 4) is 0 Å². The van der Waals surface area contributed by atoms with Gasteiger partial charge >= 0.3 is 12.2 Å². The smallest absolute Gasteiger partial charge is 0.397 e. The molecule has 11 heteroatoms. The number of nitrogen functional groups attached to an aromatic ring is 1. The van der Waals surface area contributed by atoms with Gasteiger partial charge in [-0.15, -0.1) is 11.3 Å². The molecular formula is C27H29BrF3N3O3S. The SMILES string of the molecule is CC(=O)[C@H](CC(=O)CC1=CCC(N2CCc3cscc3NC2=O)CC1)Cc1cc(Br)c(N)c(C(F)(F)F)c1. The number of ketones is 2. The van der Waals surface area contributed by atoms with Crippen molar-refractivity contribution in [1.29, 1.82) is 0 Å². The van der Waals surface area contributed by atoms with Crippen LogP contribution >= 0.6 is 27.3 Å². The first kappa shape index (κ1) is 28.4. The second-order valence-corrected chi connectivity index (χ2v) is 11.5. The number of nitrogens with two attached hydrogens (primary N) is 1. The number of thiophene rings is 1. The van der Waals surface area contributed by atoms with Crippen LogP contribution in [-0.4, -0.2) is 35.1 Å². The highest BCUT2D eigenvalue weighted by Crippen LogP contribution is 2.38. The van der Waals surface area contributed by atoms with E-state index in [1.165, 1.54) is 13.0 Å². The number of hydrogen-bond donors (Lipinski definition) is 2. The molecule has 2 aliphatic rings. The van der Waals surface area contributed by atoms with E-state index >= 15 is 0 Å². The molecule has 0 fully saturated rings. The summed E-state index contributed by atoms with van der Waals surface area (Å²) in [7, 11) is 0. The van der Waals surface area contributed by atoms with Gasteiger partial charge in [0.15, 0.2) is 0 Å². The molecular weight excluding hydrogens is 583 g/mol. The summed E-state index contributed by atoms with van der Waals surface area (Å²) in [5.41, 5.74) is 7.48. The van der Waals surface area contributed by atoms with E-state index in [0.29, 0.717) is 19.4 Å². The van der Waals surface area contributed by atoms with Gasteiger partial charge in [-0.3, -0.25) is 9.59 Å². The number of halogens is 4. The van der Waals surface area contributed by atoms with E-state index < -0.39 is 23.3 Å². The van der Waals surface area contributed by atoms with Gasteiger partial charge in [-0.1, -0.05) is 11.6 Å². The van der Waals surface area contributed by atoms with Crippen LogP contribution in [-0.2, 0) is 28.6 Å². The van der Waals surface area contributed by atoms with Crippen LogP contribution in [0.3, 0.4) is 0 Å². The Labute approximate surface area is 231 Å². The lowest BCUT2D eigenvalue weighted by molar-refractivity contribution is -0.137. The highest BCUT2D eigenvalue weighted by molar-refractivity contribution is 9.10.